The molecule has 1 aliphatic heterocycles. The molecule has 1 aliphatic rings. The van der Waals surface area contributed by atoms with Crippen molar-refractivity contribution >= 4 is 17.4 Å². The molecule has 0 saturated heterocycles. The van der Waals surface area contributed by atoms with Gasteiger partial charge in [-0.05, 0) is 55.7 Å². The summed E-state index contributed by atoms with van der Waals surface area (Å²) in [5, 5.41) is 9.23. The van der Waals surface area contributed by atoms with Crippen LogP contribution in [0, 0.1) is 0 Å². The number of para-hydroxylation sites is 1. The molecule has 128 valence electrons. The van der Waals surface area contributed by atoms with Crippen molar-refractivity contribution in [2.24, 2.45) is 0 Å². The van der Waals surface area contributed by atoms with Gasteiger partial charge in [0, 0.05) is 22.7 Å². The maximum atomic E-state index is 6.05. The molecule has 0 saturated carbocycles. The molecule has 2 aromatic carbocycles. The lowest BCUT2D eigenvalue weighted by molar-refractivity contribution is 0.416. The van der Waals surface area contributed by atoms with Crippen LogP contribution in [0.5, 0.6) is 5.75 Å². The molecule has 4 nitrogen and oxygen atoms in total. The summed E-state index contributed by atoms with van der Waals surface area (Å²) in [6.45, 7) is 0.956. The third-order valence-corrected chi connectivity index (χ3v) is 4.81. The highest BCUT2D eigenvalue weighted by Crippen LogP contribution is 2.37. The van der Waals surface area contributed by atoms with Gasteiger partial charge in [0.2, 0.25) is 0 Å². The van der Waals surface area contributed by atoms with Crippen molar-refractivity contribution < 1.29 is 4.74 Å². The van der Waals surface area contributed by atoms with E-state index in [1.807, 2.05) is 47.1 Å². The maximum absolute atomic E-state index is 6.05. The molecule has 5 heteroatoms. The van der Waals surface area contributed by atoms with Crippen LogP contribution in [0.2, 0.25) is 5.02 Å². The summed E-state index contributed by atoms with van der Waals surface area (Å²) >= 11 is 6.05. The number of methoxy groups -OCH3 is 1. The smallest absolute Gasteiger partial charge is 0.133 e. The van der Waals surface area contributed by atoms with Gasteiger partial charge in [-0.15, -0.1) is 0 Å². The van der Waals surface area contributed by atoms with Crippen molar-refractivity contribution in [3.05, 3.63) is 59.1 Å². The molecule has 1 N–H and O–H groups in total. The number of benzene rings is 2. The molecule has 4 rings (SSSR count). The first-order valence-electron chi connectivity index (χ1n) is 8.53. The predicted molar refractivity (Wildman–Crippen MR) is 102 cm³/mol. The Labute approximate surface area is 152 Å². The number of hydrogen-bond donors (Lipinski definition) is 1. The molecule has 0 aliphatic carbocycles. The Morgan fingerprint density at radius 1 is 1.08 bits per heavy atom. The van der Waals surface area contributed by atoms with Crippen LogP contribution >= 0.6 is 11.6 Å². The SMILES string of the molecule is COc1ccccc1-c1nn(-c2ccc(Cl)cc2)c2c1CCCCN2. The number of nitrogens with zero attached hydrogens (tertiary/aromatic N) is 2. The van der Waals surface area contributed by atoms with Crippen LogP contribution in [0.25, 0.3) is 16.9 Å². The van der Waals surface area contributed by atoms with Gasteiger partial charge in [0.1, 0.15) is 17.3 Å². The summed E-state index contributed by atoms with van der Waals surface area (Å²) in [4.78, 5) is 0. The molecule has 0 fully saturated rings. The molecule has 0 atom stereocenters. The van der Waals surface area contributed by atoms with Crippen molar-refractivity contribution in [1.82, 2.24) is 9.78 Å². The first-order chi connectivity index (χ1) is 12.3. The molecule has 0 amide bonds. The molecule has 0 radical (unpaired) electrons. The highest BCUT2D eigenvalue weighted by atomic mass is 35.5. The van der Waals surface area contributed by atoms with Gasteiger partial charge < -0.3 is 10.1 Å². The zero-order valence-electron chi connectivity index (χ0n) is 14.1. The van der Waals surface area contributed by atoms with Crippen molar-refractivity contribution in [1.29, 1.82) is 0 Å². The quantitative estimate of drug-likeness (QED) is 0.724. The first-order valence-corrected chi connectivity index (χ1v) is 8.91. The minimum Gasteiger partial charge on any atom is -0.496 e. The Kier molecular flexibility index (Phi) is 4.36. The normalized spacial score (nSPS) is 13.7. The lowest BCUT2D eigenvalue weighted by Crippen LogP contribution is -2.07. The van der Waals surface area contributed by atoms with E-state index in [-0.39, 0.29) is 0 Å². The number of ether oxygens (including phenoxy) is 1. The second-order valence-corrected chi connectivity index (χ2v) is 6.58. The van der Waals surface area contributed by atoms with Crippen LogP contribution in [0.3, 0.4) is 0 Å². The Hall–Kier alpha value is -2.46. The number of nitrogens with one attached hydrogen (secondary N) is 1. The summed E-state index contributed by atoms with van der Waals surface area (Å²) in [5.74, 6) is 1.91. The van der Waals surface area contributed by atoms with E-state index in [0.717, 1.165) is 59.3 Å². The van der Waals surface area contributed by atoms with Crippen LogP contribution in [0.15, 0.2) is 48.5 Å². The fourth-order valence-electron chi connectivity index (χ4n) is 3.33. The van der Waals surface area contributed by atoms with Crippen molar-refractivity contribution in [3.63, 3.8) is 0 Å². The highest BCUT2D eigenvalue weighted by Gasteiger charge is 2.23. The van der Waals surface area contributed by atoms with E-state index in [9.17, 15) is 0 Å². The molecule has 1 aromatic heterocycles. The Morgan fingerprint density at radius 2 is 1.88 bits per heavy atom. The zero-order valence-corrected chi connectivity index (χ0v) is 14.9. The monoisotopic (exact) mass is 353 g/mol. The highest BCUT2D eigenvalue weighted by molar-refractivity contribution is 6.30. The third kappa shape index (κ3) is 2.98. The van der Waals surface area contributed by atoms with Gasteiger partial charge in [-0.3, -0.25) is 0 Å². The maximum Gasteiger partial charge on any atom is 0.133 e. The van der Waals surface area contributed by atoms with Gasteiger partial charge in [-0.1, -0.05) is 23.7 Å². The van der Waals surface area contributed by atoms with Gasteiger partial charge in [-0.25, -0.2) is 4.68 Å². The first kappa shape index (κ1) is 16.0. The van der Waals surface area contributed by atoms with E-state index in [0.29, 0.717) is 0 Å². The predicted octanol–water partition coefficient (Wildman–Crippen LogP) is 4.95. The van der Waals surface area contributed by atoms with Crippen LogP contribution in [0.1, 0.15) is 18.4 Å². The summed E-state index contributed by atoms with van der Waals surface area (Å²) in [7, 11) is 1.70. The molecule has 2 heterocycles. The number of halogens is 1. The van der Waals surface area contributed by atoms with E-state index in [4.69, 9.17) is 21.4 Å². The Bertz CT molecular complexity index is 886. The van der Waals surface area contributed by atoms with Gasteiger partial charge >= 0.3 is 0 Å². The van der Waals surface area contributed by atoms with Crippen LogP contribution in [-0.4, -0.2) is 23.4 Å². The van der Waals surface area contributed by atoms with Crippen molar-refractivity contribution in [2.75, 3.05) is 19.0 Å². The average Bonchev–Trinajstić information content (AvgIpc) is 2.83. The van der Waals surface area contributed by atoms with Crippen molar-refractivity contribution in [2.45, 2.75) is 19.3 Å². The summed E-state index contributed by atoms with van der Waals surface area (Å²) in [5.41, 5.74) is 4.25. The van der Waals surface area contributed by atoms with Crippen molar-refractivity contribution in [3.8, 4) is 22.7 Å². The van der Waals surface area contributed by atoms with Crippen LogP contribution in [-0.2, 0) is 6.42 Å². The minimum absolute atomic E-state index is 0.722. The van der Waals surface area contributed by atoms with Gasteiger partial charge in [-0.2, -0.15) is 5.10 Å². The van der Waals surface area contributed by atoms with Crippen LogP contribution < -0.4 is 10.1 Å². The van der Waals surface area contributed by atoms with E-state index >= 15 is 0 Å². The van der Waals surface area contributed by atoms with E-state index in [1.165, 1.54) is 5.56 Å². The number of anilines is 1. The molecular weight excluding hydrogens is 334 g/mol. The lowest BCUT2D eigenvalue weighted by Gasteiger charge is -2.09. The molecular formula is C20H20ClN3O. The molecule has 25 heavy (non-hydrogen) atoms. The molecule has 0 bridgehead atoms. The number of rotatable bonds is 3. The molecule has 0 unspecified atom stereocenters. The third-order valence-electron chi connectivity index (χ3n) is 4.56. The zero-order chi connectivity index (χ0) is 17.2. The molecule has 3 aromatic rings. The van der Waals surface area contributed by atoms with E-state index in [2.05, 4.69) is 11.4 Å². The van der Waals surface area contributed by atoms with Crippen LogP contribution in [0.4, 0.5) is 5.82 Å². The average molecular weight is 354 g/mol. The minimum atomic E-state index is 0.722. The fraction of sp³-hybridized carbons (Fsp3) is 0.250. The topological polar surface area (TPSA) is 39.1 Å². The van der Waals surface area contributed by atoms with E-state index < -0.39 is 0 Å². The second-order valence-electron chi connectivity index (χ2n) is 6.15. The van der Waals surface area contributed by atoms with Gasteiger partial charge in [0.25, 0.3) is 0 Å². The van der Waals surface area contributed by atoms with Gasteiger partial charge in [0.05, 0.1) is 12.8 Å². The number of fused-ring (bicyclic) bond motifs is 1. The standard InChI is InChI=1S/C20H20ClN3O/c1-25-18-8-3-2-6-16(18)19-17-7-4-5-13-22-20(17)24(23-19)15-11-9-14(21)10-12-15/h2-3,6,8-12,22H,4-5,7,13H2,1H3. The van der Waals surface area contributed by atoms with Gasteiger partial charge in [0.15, 0.2) is 0 Å². The number of aromatic nitrogens is 2. The number of hydrogen-bond acceptors (Lipinski definition) is 3. The largest absolute Gasteiger partial charge is 0.496 e. The fourth-order valence-corrected chi connectivity index (χ4v) is 3.45. The summed E-state index contributed by atoms with van der Waals surface area (Å²) in [6, 6.07) is 15.8. The summed E-state index contributed by atoms with van der Waals surface area (Å²) in [6.07, 6.45) is 3.30. The Morgan fingerprint density at radius 3 is 2.68 bits per heavy atom. The Balaban J connectivity index is 1.92. The second kappa shape index (κ2) is 6.81. The summed E-state index contributed by atoms with van der Waals surface area (Å²) < 4.78 is 7.55. The lowest BCUT2D eigenvalue weighted by atomic mass is 10.0. The molecule has 0 spiro atoms. The van der Waals surface area contributed by atoms with E-state index in [1.54, 1.807) is 7.11 Å².